The van der Waals surface area contributed by atoms with Gasteiger partial charge in [0.15, 0.2) is 0 Å². The zero-order valence-corrected chi connectivity index (χ0v) is 11.7. The SMILES string of the molecule is BrC(Cc1ccsc1)C1C2C3CCC(C3)C12. The van der Waals surface area contributed by atoms with Gasteiger partial charge in [-0.3, -0.25) is 0 Å². The van der Waals surface area contributed by atoms with Crippen LogP contribution in [0.5, 0.6) is 0 Å². The zero-order chi connectivity index (χ0) is 10.7. The fraction of sp³-hybridized carbons (Fsp3) is 0.714. The van der Waals surface area contributed by atoms with E-state index in [1.807, 2.05) is 11.3 Å². The monoisotopic (exact) mass is 296 g/mol. The first-order valence-corrected chi connectivity index (χ1v) is 8.35. The molecular weight excluding hydrogens is 280 g/mol. The standard InChI is InChI=1S/C14H17BrS/c15-11(5-8-3-4-16-7-8)14-12-9-1-2-10(6-9)13(12)14/h3-4,7,9-14H,1-2,5-6H2. The van der Waals surface area contributed by atoms with E-state index in [0.717, 1.165) is 34.4 Å². The van der Waals surface area contributed by atoms with E-state index in [2.05, 4.69) is 32.8 Å². The van der Waals surface area contributed by atoms with Crippen molar-refractivity contribution in [3.8, 4) is 0 Å². The fourth-order valence-electron chi connectivity index (χ4n) is 4.65. The smallest absolute Gasteiger partial charge is 0.0220 e. The maximum absolute atomic E-state index is 3.97. The number of rotatable bonds is 3. The lowest BCUT2D eigenvalue weighted by atomic mass is 9.98. The van der Waals surface area contributed by atoms with Crippen LogP contribution in [-0.4, -0.2) is 4.83 Å². The average molecular weight is 297 g/mol. The summed E-state index contributed by atoms with van der Waals surface area (Å²) in [6.07, 6.45) is 5.91. The van der Waals surface area contributed by atoms with Crippen molar-refractivity contribution in [2.75, 3.05) is 0 Å². The average Bonchev–Trinajstić information content (AvgIpc) is 2.73. The van der Waals surface area contributed by atoms with E-state index in [0.29, 0.717) is 0 Å². The topological polar surface area (TPSA) is 0 Å². The third-order valence-corrected chi connectivity index (χ3v) is 6.89. The number of fused-ring (bicyclic) bond motifs is 5. The molecule has 5 atom stereocenters. The van der Waals surface area contributed by atoms with Crippen molar-refractivity contribution in [1.29, 1.82) is 0 Å². The molecule has 2 bridgehead atoms. The highest BCUT2D eigenvalue weighted by atomic mass is 79.9. The second-order valence-corrected chi connectivity index (χ2v) is 7.87. The van der Waals surface area contributed by atoms with E-state index in [9.17, 15) is 0 Å². The van der Waals surface area contributed by atoms with Crippen LogP contribution < -0.4 is 0 Å². The summed E-state index contributed by atoms with van der Waals surface area (Å²) in [5.74, 6) is 5.47. The van der Waals surface area contributed by atoms with Gasteiger partial charge in [0, 0.05) is 4.83 Å². The summed E-state index contributed by atoms with van der Waals surface area (Å²) < 4.78 is 0. The summed E-state index contributed by atoms with van der Waals surface area (Å²) in [5, 5.41) is 4.51. The minimum absolute atomic E-state index is 0.750. The van der Waals surface area contributed by atoms with Crippen LogP contribution in [0.2, 0.25) is 0 Å². The van der Waals surface area contributed by atoms with Crippen molar-refractivity contribution in [1.82, 2.24) is 0 Å². The van der Waals surface area contributed by atoms with Crippen LogP contribution in [0.25, 0.3) is 0 Å². The van der Waals surface area contributed by atoms with Gasteiger partial charge in [-0.2, -0.15) is 11.3 Å². The number of hydrogen-bond donors (Lipinski definition) is 0. The van der Waals surface area contributed by atoms with Gasteiger partial charge in [0.1, 0.15) is 0 Å². The molecule has 0 spiro atoms. The van der Waals surface area contributed by atoms with E-state index in [1.165, 1.54) is 12.0 Å². The molecule has 0 radical (unpaired) electrons. The molecule has 3 aliphatic rings. The molecule has 3 saturated carbocycles. The normalized spacial score (nSPS) is 45.7. The fourth-order valence-corrected chi connectivity index (χ4v) is 6.41. The molecule has 5 unspecified atom stereocenters. The zero-order valence-electron chi connectivity index (χ0n) is 9.31. The molecule has 2 heteroatoms. The van der Waals surface area contributed by atoms with Crippen LogP contribution >= 0.6 is 27.3 Å². The number of thiophene rings is 1. The Morgan fingerprint density at radius 3 is 2.69 bits per heavy atom. The molecule has 16 heavy (non-hydrogen) atoms. The van der Waals surface area contributed by atoms with Crippen LogP contribution in [0.3, 0.4) is 0 Å². The van der Waals surface area contributed by atoms with Gasteiger partial charge in [-0.15, -0.1) is 0 Å². The molecule has 4 rings (SSSR count). The van der Waals surface area contributed by atoms with Gasteiger partial charge in [-0.05, 0) is 77.7 Å². The van der Waals surface area contributed by atoms with Crippen molar-refractivity contribution in [3.05, 3.63) is 22.4 Å². The minimum atomic E-state index is 0.750. The van der Waals surface area contributed by atoms with Gasteiger partial charge in [-0.25, -0.2) is 0 Å². The van der Waals surface area contributed by atoms with Gasteiger partial charge in [0.25, 0.3) is 0 Å². The first-order chi connectivity index (χ1) is 7.84. The summed E-state index contributed by atoms with van der Waals surface area (Å²) in [5.41, 5.74) is 1.53. The Hall–Kier alpha value is 0.180. The predicted octanol–water partition coefficient (Wildman–Crippen LogP) is 4.35. The van der Waals surface area contributed by atoms with Crippen LogP contribution in [0.15, 0.2) is 16.8 Å². The van der Waals surface area contributed by atoms with Crippen LogP contribution in [0, 0.1) is 29.6 Å². The summed E-state index contributed by atoms with van der Waals surface area (Å²) in [7, 11) is 0. The Morgan fingerprint density at radius 1 is 1.31 bits per heavy atom. The second-order valence-electron chi connectivity index (χ2n) is 5.92. The molecule has 0 nitrogen and oxygen atoms in total. The summed E-state index contributed by atoms with van der Waals surface area (Å²) in [6, 6.07) is 2.28. The lowest BCUT2D eigenvalue weighted by molar-refractivity contribution is 0.455. The summed E-state index contributed by atoms with van der Waals surface area (Å²) >= 11 is 5.80. The molecule has 0 amide bonds. The molecule has 0 saturated heterocycles. The third-order valence-electron chi connectivity index (χ3n) is 5.22. The lowest BCUT2D eigenvalue weighted by Gasteiger charge is -2.13. The lowest BCUT2D eigenvalue weighted by Crippen LogP contribution is -2.12. The Morgan fingerprint density at radius 2 is 2.06 bits per heavy atom. The molecule has 3 fully saturated rings. The molecule has 1 aromatic rings. The first kappa shape index (κ1) is 10.1. The van der Waals surface area contributed by atoms with Gasteiger partial charge < -0.3 is 0 Å². The van der Waals surface area contributed by atoms with E-state index >= 15 is 0 Å². The molecule has 86 valence electrons. The van der Waals surface area contributed by atoms with Gasteiger partial charge >= 0.3 is 0 Å². The molecule has 0 aliphatic heterocycles. The highest BCUT2D eigenvalue weighted by Crippen LogP contribution is 2.71. The minimum Gasteiger partial charge on any atom is -0.152 e. The Bertz CT molecular complexity index is 369. The quantitative estimate of drug-likeness (QED) is 0.728. The van der Waals surface area contributed by atoms with E-state index in [-0.39, 0.29) is 0 Å². The molecule has 0 N–H and O–H groups in total. The van der Waals surface area contributed by atoms with Crippen LogP contribution in [0.4, 0.5) is 0 Å². The second kappa shape index (κ2) is 3.58. The summed E-state index contributed by atoms with van der Waals surface area (Å²) in [6.45, 7) is 0. The van der Waals surface area contributed by atoms with E-state index < -0.39 is 0 Å². The van der Waals surface area contributed by atoms with Crippen LogP contribution in [0.1, 0.15) is 24.8 Å². The molecule has 1 aromatic heterocycles. The first-order valence-electron chi connectivity index (χ1n) is 6.50. The largest absolute Gasteiger partial charge is 0.152 e. The van der Waals surface area contributed by atoms with Crippen molar-refractivity contribution in [2.45, 2.75) is 30.5 Å². The van der Waals surface area contributed by atoms with E-state index in [4.69, 9.17) is 0 Å². The van der Waals surface area contributed by atoms with Crippen LogP contribution in [-0.2, 0) is 6.42 Å². The van der Waals surface area contributed by atoms with Crippen molar-refractivity contribution in [2.24, 2.45) is 29.6 Å². The maximum Gasteiger partial charge on any atom is 0.0220 e. The van der Waals surface area contributed by atoms with Crippen molar-refractivity contribution in [3.63, 3.8) is 0 Å². The van der Waals surface area contributed by atoms with Gasteiger partial charge in [0.05, 0.1) is 0 Å². The van der Waals surface area contributed by atoms with Crippen molar-refractivity contribution >= 4 is 27.3 Å². The van der Waals surface area contributed by atoms with Crippen molar-refractivity contribution < 1.29 is 0 Å². The Labute approximate surface area is 110 Å². The number of alkyl halides is 1. The van der Waals surface area contributed by atoms with Gasteiger partial charge in [0.2, 0.25) is 0 Å². The highest BCUT2D eigenvalue weighted by molar-refractivity contribution is 9.09. The Balaban J connectivity index is 1.45. The molecule has 1 heterocycles. The van der Waals surface area contributed by atoms with E-state index in [1.54, 1.807) is 19.3 Å². The number of halogens is 1. The highest BCUT2D eigenvalue weighted by Gasteiger charge is 2.66. The predicted molar refractivity (Wildman–Crippen MR) is 72.0 cm³/mol. The molecular formula is C14H17BrS. The van der Waals surface area contributed by atoms with Gasteiger partial charge in [-0.1, -0.05) is 15.9 Å². The summed E-state index contributed by atoms with van der Waals surface area (Å²) in [4.78, 5) is 0.750. The maximum atomic E-state index is 3.97. The third kappa shape index (κ3) is 1.38. The molecule has 3 aliphatic carbocycles. The Kier molecular flexibility index (Phi) is 2.27. The molecule has 0 aromatic carbocycles. The number of hydrogen-bond acceptors (Lipinski definition) is 1.